The van der Waals surface area contributed by atoms with Crippen molar-refractivity contribution in [2.45, 2.75) is 12.5 Å². The van der Waals surface area contributed by atoms with Crippen molar-refractivity contribution in [3.63, 3.8) is 0 Å². The van der Waals surface area contributed by atoms with E-state index in [0.717, 1.165) is 16.0 Å². The molecule has 0 saturated carbocycles. The van der Waals surface area contributed by atoms with E-state index in [0.29, 0.717) is 24.5 Å². The van der Waals surface area contributed by atoms with Crippen molar-refractivity contribution in [1.29, 1.82) is 0 Å². The van der Waals surface area contributed by atoms with Crippen molar-refractivity contribution >= 4 is 17.2 Å². The molecule has 28 heavy (non-hydrogen) atoms. The zero-order valence-corrected chi connectivity index (χ0v) is 16.4. The van der Waals surface area contributed by atoms with Gasteiger partial charge >= 0.3 is 0 Å². The van der Waals surface area contributed by atoms with E-state index in [1.54, 1.807) is 42.6 Å². The molecule has 1 aromatic carbocycles. The maximum atomic E-state index is 13.3. The zero-order chi connectivity index (χ0) is 19.7. The molecule has 7 heteroatoms. The largest absolute Gasteiger partial charge is 0.493 e. The number of fused-ring (bicyclic) bond motifs is 1. The number of benzene rings is 1. The Morgan fingerprint density at radius 2 is 1.96 bits per heavy atom. The number of ether oxygens (including phenoxy) is 2. The third-order valence-corrected chi connectivity index (χ3v) is 5.92. The summed E-state index contributed by atoms with van der Waals surface area (Å²) >= 11 is 1.59. The number of pyridine rings is 1. The Hall–Kier alpha value is -3.06. The van der Waals surface area contributed by atoms with Crippen LogP contribution < -0.4 is 15.0 Å². The molecule has 4 rings (SSSR count). The molecule has 1 unspecified atom stereocenters. The van der Waals surface area contributed by atoms with E-state index in [2.05, 4.69) is 4.98 Å². The predicted octanol–water partition coefficient (Wildman–Crippen LogP) is 3.24. The first-order valence-corrected chi connectivity index (χ1v) is 9.79. The molecular weight excluding hydrogens is 376 g/mol. The molecule has 1 atom stereocenters. The van der Waals surface area contributed by atoms with Crippen LogP contribution in [-0.4, -0.2) is 36.6 Å². The molecule has 1 N–H and O–H groups in total. The van der Waals surface area contributed by atoms with Crippen LogP contribution in [0.1, 0.15) is 32.4 Å². The summed E-state index contributed by atoms with van der Waals surface area (Å²) in [5, 5.41) is 1.99. The summed E-state index contributed by atoms with van der Waals surface area (Å²) in [6.45, 7) is 0.512. The Bertz CT molecular complexity index is 1060. The Balaban J connectivity index is 1.85. The molecule has 0 saturated heterocycles. The van der Waals surface area contributed by atoms with Gasteiger partial charge in [0.2, 0.25) is 0 Å². The molecule has 0 fully saturated rings. The summed E-state index contributed by atoms with van der Waals surface area (Å²) < 4.78 is 10.9. The number of hydrogen-bond acceptors (Lipinski definition) is 5. The van der Waals surface area contributed by atoms with Gasteiger partial charge in [0.25, 0.3) is 11.5 Å². The summed E-state index contributed by atoms with van der Waals surface area (Å²) in [6.07, 6.45) is 2.20. The molecule has 3 heterocycles. The minimum atomic E-state index is -0.379. The van der Waals surface area contributed by atoms with Gasteiger partial charge in [-0.1, -0.05) is 6.07 Å². The lowest BCUT2D eigenvalue weighted by Gasteiger charge is -2.37. The fraction of sp³-hybridized carbons (Fsp3) is 0.238. The number of amides is 1. The van der Waals surface area contributed by atoms with Crippen LogP contribution in [0.5, 0.6) is 11.5 Å². The summed E-state index contributed by atoms with van der Waals surface area (Å²) in [4.78, 5) is 30.8. The van der Waals surface area contributed by atoms with E-state index < -0.39 is 0 Å². The first kappa shape index (κ1) is 18.3. The molecule has 0 bridgehead atoms. The molecule has 3 aromatic rings. The van der Waals surface area contributed by atoms with Gasteiger partial charge in [0.05, 0.1) is 20.3 Å². The number of methoxy groups -OCH3 is 2. The quantitative estimate of drug-likeness (QED) is 0.735. The van der Waals surface area contributed by atoms with Crippen molar-refractivity contribution in [3.8, 4) is 11.5 Å². The number of aromatic amines is 1. The molecule has 6 nitrogen and oxygen atoms in total. The SMILES string of the molecule is COc1cc2c(cc1OC)C(c1cccs1)N(C(=O)c1ccc[nH]c1=O)CC2. The lowest BCUT2D eigenvalue weighted by molar-refractivity contribution is 0.0695. The van der Waals surface area contributed by atoms with Gasteiger partial charge in [-0.15, -0.1) is 11.3 Å². The van der Waals surface area contributed by atoms with Crippen molar-refractivity contribution in [2.75, 3.05) is 20.8 Å². The number of rotatable bonds is 4. The topological polar surface area (TPSA) is 71.6 Å². The summed E-state index contributed by atoms with van der Waals surface area (Å²) in [7, 11) is 3.21. The molecule has 1 amide bonds. The second-order valence-corrected chi connectivity index (χ2v) is 7.46. The van der Waals surface area contributed by atoms with Crippen molar-refractivity contribution in [1.82, 2.24) is 9.88 Å². The van der Waals surface area contributed by atoms with Crippen molar-refractivity contribution < 1.29 is 14.3 Å². The van der Waals surface area contributed by atoms with Crippen molar-refractivity contribution in [3.05, 3.63) is 79.9 Å². The van der Waals surface area contributed by atoms with Crippen LogP contribution in [0.2, 0.25) is 0 Å². The number of nitrogens with zero attached hydrogens (tertiary/aromatic N) is 1. The Morgan fingerprint density at radius 1 is 1.18 bits per heavy atom. The first-order chi connectivity index (χ1) is 13.6. The van der Waals surface area contributed by atoms with Gasteiger partial charge in [0.1, 0.15) is 5.56 Å². The van der Waals surface area contributed by atoms with Gasteiger partial charge < -0.3 is 19.4 Å². The van der Waals surface area contributed by atoms with E-state index in [9.17, 15) is 9.59 Å². The van der Waals surface area contributed by atoms with Gasteiger partial charge in [0.15, 0.2) is 11.5 Å². The second kappa shape index (κ2) is 7.52. The molecule has 0 radical (unpaired) electrons. The molecule has 144 valence electrons. The van der Waals surface area contributed by atoms with Crippen LogP contribution in [0.4, 0.5) is 0 Å². The zero-order valence-electron chi connectivity index (χ0n) is 15.6. The molecule has 1 aliphatic heterocycles. The van der Waals surface area contributed by atoms with Gasteiger partial charge in [0, 0.05) is 17.6 Å². The third kappa shape index (κ3) is 3.07. The van der Waals surface area contributed by atoms with Crippen LogP contribution in [0.25, 0.3) is 0 Å². The lowest BCUT2D eigenvalue weighted by Crippen LogP contribution is -2.42. The first-order valence-electron chi connectivity index (χ1n) is 8.91. The summed E-state index contributed by atoms with van der Waals surface area (Å²) in [5.41, 5.74) is 1.87. The highest BCUT2D eigenvalue weighted by molar-refractivity contribution is 7.10. The third-order valence-electron chi connectivity index (χ3n) is 5.00. The minimum Gasteiger partial charge on any atom is -0.493 e. The van der Waals surface area contributed by atoms with Crippen LogP contribution in [-0.2, 0) is 6.42 Å². The molecule has 1 aliphatic rings. The Labute approximate surface area is 166 Å². The van der Waals surface area contributed by atoms with Crippen molar-refractivity contribution in [2.24, 2.45) is 0 Å². The average Bonchev–Trinajstić information content (AvgIpc) is 3.26. The number of H-pyrrole nitrogens is 1. The average molecular weight is 396 g/mol. The van der Waals surface area contributed by atoms with E-state index in [1.165, 1.54) is 6.20 Å². The van der Waals surface area contributed by atoms with Crippen LogP contribution >= 0.6 is 11.3 Å². The normalized spacial score (nSPS) is 15.8. The monoisotopic (exact) mass is 396 g/mol. The molecule has 2 aromatic heterocycles. The van der Waals surface area contributed by atoms with E-state index >= 15 is 0 Å². The standard InChI is InChI=1S/C21H20N2O4S/c1-26-16-11-13-7-9-23(21(25)14-5-3-8-22-20(14)24)19(18-6-4-10-28-18)15(13)12-17(16)27-2/h3-6,8,10-12,19H,7,9H2,1-2H3,(H,22,24). The summed E-state index contributed by atoms with van der Waals surface area (Å²) in [5.74, 6) is 1.01. The van der Waals surface area contributed by atoms with Gasteiger partial charge in [-0.25, -0.2) is 0 Å². The van der Waals surface area contributed by atoms with Gasteiger partial charge in [-0.2, -0.15) is 0 Å². The Kier molecular flexibility index (Phi) is 4.92. The number of aromatic nitrogens is 1. The minimum absolute atomic E-state index is 0.146. The molecular formula is C21H20N2O4S. The highest BCUT2D eigenvalue weighted by atomic mass is 32.1. The number of carbonyl (C=O) groups is 1. The van der Waals surface area contributed by atoms with E-state index in [-0.39, 0.29) is 23.1 Å². The fourth-order valence-corrected chi connectivity index (χ4v) is 4.52. The fourth-order valence-electron chi connectivity index (χ4n) is 3.66. The number of carbonyl (C=O) groups excluding carboxylic acids is 1. The molecule has 0 aliphatic carbocycles. The number of hydrogen-bond donors (Lipinski definition) is 1. The highest BCUT2D eigenvalue weighted by Gasteiger charge is 2.35. The maximum absolute atomic E-state index is 13.3. The van der Waals surface area contributed by atoms with Gasteiger partial charge in [-0.3, -0.25) is 9.59 Å². The summed E-state index contributed by atoms with van der Waals surface area (Å²) in [6, 6.07) is 10.8. The number of thiophene rings is 1. The van der Waals surface area contributed by atoms with Gasteiger partial charge in [-0.05, 0) is 53.3 Å². The maximum Gasteiger partial charge on any atom is 0.260 e. The number of nitrogens with one attached hydrogen (secondary N) is 1. The highest BCUT2D eigenvalue weighted by Crippen LogP contribution is 2.42. The van der Waals surface area contributed by atoms with E-state index in [1.807, 2.05) is 29.6 Å². The predicted molar refractivity (Wildman–Crippen MR) is 108 cm³/mol. The van der Waals surface area contributed by atoms with Crippen LogP contribution in [0.3, 0.4) is 0 Å². The molecule has 0 spiro atoms. The lowest BCUT2D eigenvalue weighted by atomic mass is 9.90. The van der Waals surface area contributed by atoms with E-state index in [4.69, 9.17) is 9.47 Å². The second-order valence-electron chi connectivity index (χ2n) is 6.49. The van der Waals surface area contributed by atoms with Crippen LogP contribution in [0.15, 0.2) is 52.8 Å². The smallest absolute Gasteiger partial charge is 0.260 e. The Morgan fingerprint density at radius 3 is 2.64 bits per heavy atom. The van der Waals surface area contributed by atoms with Crippen LogP contribution in [0, 0.1) is 0 Å².